The molecule has 1 atom stereocenters. The van der Waals surface area contributed by atoms with Crippen LogP contribution in [0.4, 0.5) is 4.39 Å². The van der Waals surface area contributed by atoms with E-state index in [0.717, 1.165) is 21.0 Å². The molecule has 1 unspecified atom stereocenters. The SMILES string of the molecule is NC(c1ccc(Br)c(Cl)c1)c1ccc(F)c2ccccc12. The van der Waals surface area contributed by atoms with Crippen molar-refractivity contribution in [2.24, 2.45) is 5.73 Å². The minimum Gasteiger partial charge on any atom is -0.320 e. The summed E-state index contributed by atoms with van der Waals surface area (Å²) in [4.78, 5) is 0. The van der Waals surface area contributed by atoms with Crippen LogP contribution in [0, 0.1) is 5.82 Å². The van der Waals surface area contributed by atoms with Gasteiger partial charge in [-0.2, -0.15) is 0 Å². The van der Waals surface area contributed by atoms with Crippen LogP contribution in [0.1, 0.15) is 17.2 Å². The zero-order valence-electron chi connectivity index (χ0n) is 11.0. The van der Waals surface area contributed by atoms with Gasteiger partial charge in [0.05, 0.1) is 11.1 Å². The Morgan fingerprint density at radius 2 is 1.71 bits per heavy atom. The Morgan fingerprint density at radius 3 is 2.43 bits per heavy atom. The van der Waals surface area contributed by atoms with Gasteiger partial charge in [0.1, 0.15) is 5.82 Å². The van der Waals surface area contributed by atoms with Gasteiger partial charge in [-0.15, -0.1) is 0 Å². The quantitative estimate of drug-likeness (QED) is 0.643. The predicted molar refractivity (Wildman–Crippen MR) is 89.1 cm³/mol. The highest BCUT2D eigenvalue weighted by atomic mass is 79.9. The molecule has 0 radical (unpaired) electrons. The van der Waals surface area contributed by atoms with E-state index >= 15 is 0 Å². The van der Waals surface area contributed by atoms with Crippen LogP contribution < -0.4 is 5.73 Å². The second kappa shape index (κ2) is 5.76. The Bertz CT molecular complexity index is 819. The average molecular weight is 365 g/mol. The molecule has 0 aliphatic carbocycles. The first kappa shape index (κ1) is 14.5. The lowest BCUT2D eigenvalue weighted by Crippen LogP contribution is -2.12. The van der Waals surface area contributed by atoms with E-state index in [1.54, 1.807) is 12.1 Å². The largest absolute Gasteiger partial charge is 0.320 e. The molecular formula is C17H12BrClFN. The van der Waals surface area contributed by atoms with E-state index in [1.165, 1.54) is 6.07 Å². The van der Waals surface area contributed by atoms with Gasteiger partial charge in [0.25, 0.3) is 0 Å². The molecule has 0 aromatic heterocycles. The molecule has 0 amide bonds. The van der Waals surface area contributed by atoms with Gasteiger partial charge in [0.15, 0.2) is 0 Å². The molecule has 0 aliphatic rings. The maximum atomic E-state index is 13.9. The second-order valence-corrected chi connectivity index (χ2v) is 6.09. The van der Waals surface area contributed by atoms with E-state index in [9.17, 15) is 4.39 Å². The Hall–Kier alpha value is -1.42. The van der Waals surface area contributed by atoms with Gasteiger partial charge in [-0.25, -0.2) is 4.39 Å². The van der Waals surface area contributed by atoms with Crippen LogP contribution in [0.25, 0.3) is 10.8 Å². The number of hydrogen-bond donors (Lipinski definition) is 1. The molecule has 4 heteroatoms. The number of rotatable bonds is 2. The van der Waals surface area contributed by atoms with Crippen LogP contribution in [0.2, 0.25) is 5.02 Å². The van der Waals surface area contributed by atoms with Crippen molar-refractivity contribution in [1.82, 2.24) is 0 Å². The summed E-state index contributed by atoms with van der Waals surface area (Å²) >= 11 is 9.49. The fourth-order valence-electron chi connectivity index (χ4n) is 2.44. The summed E-state index contributed by atoms with van der Waals surface area (Å²) in [7, 11) is 0. The lowest BCUT2D eigenvalue weighted by atomic mass is 9.94. The topological polar surface area (TPSA) is 26.0 Å². The third-order valence-corrected chi connectivity index (χ3v) is 4.77. The van der Waals surface area contributed by atoms with Gasteiger partial charge >= 0.3 is 0 Å². The highest BCUT2D eigenvalue weighted by Gasteiger charge is 2.14. The van der Waals surface area contributed by atoms with Crippen molar-refractivity contribution in [1.29, 1.82) is 0 Å². The van der Waals surface area contributed by atoms with Gasteiger partial charge < -0.3 is 5.73 Å². The number of hydrogen-bond acceptors (Lipinski definition) is 1. The molecule has 21 heavy (non-hydrogen) atoms. The van der Waals surface area contributed by atoms with Crippen LogP contribution >= 0.6 is 27.5 Å². The molecule has 0 aliphatic heterocycles. The first-order chi connectivity index (χ1) is 10.1. The Labute approximate surface area is 135 Å². The summed E-state index contributed by atoms with van der Waals surface area (Å²) in [5.74, 6) is -0.240. The molecule has 0 saturated heterocycles. The molecule has 3 rings (SSSR count). The minimum absolute atomic E-state index is 0.240. The minimum atomic E-state index is -0.360. The summed E-state index contributed by atoms with van der Waals surface area (Å²) in [6, 6.07) is 15.8. The Kier molecular flexibility index (Phi) is 3.98. The molecule has 1 nitrogen and oxygen atoms in total. The standard InChI is InChI=1S/C17H12BrClFN/c18-14-7-5-10(9-15(14)19)17(21)13-6-8-16(20)12-4-2-1-3-11(12)13/h1-9,17H,21H2. The summed E-state index contributed by atoms with van der Waals surface area (Å²) in [6.45, 7) is 0. The monoisotopic (exact) mass is 363 g/mol. The zero-order chi connectivity index (χ0) is 15.0. The normalized spacial score (nSPS) is 12.6. The van der Waals surface area contributed by atoms with Crippen LogP contribution in [-0.4, -0.2) is 0 Å². The van der Waals surface area contributed by atoms with Gasteiger partial charge in [0.2, 0.25) is 0 Å². The van der Waals surface area contributed by atoms with Crippen molar-refractivity contribution in [3.63, 3.8) is 0 Å². The summed E-state index contributed by atoms with van der Waals surface area (Å²) in [5.41, 5.74) is 8.12. The molecular weight excluding hydrogens is 353 g/mol. The van der Waals surface area contributed by atoms with Crippen molar-refractivity contribution >= 4 is 38.3 Å². The first-order valence-electron chi connectivity index (χ1n) is 6.45. The van der Waals surface area contributed by atoms with E-state index in [2.05, 4.69) is 15.9 Å². The lowest BCUT2D eigenvalue weighted by molar-refractivity contribution is 0.639. The van der Waals surface area contributed by atoms with Crippen LogP contribution in [0.5, 0.6) is 0 Å². The van der Waals surface area contributed by atoms with Gasteiger partial charge in [-0.1, -0.05) is 48.0 Å². The number of fused-ring (bicyclic) bond motifs is 1. The van der Waals surface area contributed by atoms with Crippen LogP contribution in [0.3, 0.4) is 0 Å². The molecule has 3 aromatic rings. The van der Waals surface area contributed by atoms with Crippen molar-refractivity contribution in [2.75, 3.05) is 0 Å². The second-order valence-electron chi connectivity index (χ2n) is 4.83. The van der Waals surface area contributed by atoms with Crippen LogP contribution in [-0.2, 0) is 0 Å². The number of halogens is 3. The zero-order valence-corrected chi connectivity index (χ0v) is 13.3. The molecule has 2 N–H and O–H groups in total. The third-order valence-electron chi connectivity index (χ3n) is 3.54. The van der Waals surface area contributed by atoms with E-state index in [1.807, 2.05) is 36.4 Å². The summed E-state index contributed by atoms with van der Waals surface area (Å²) in [6.07, 6.45) is 0. The molecule has 0 bridgehead atoms. The molecule has 3 aromatic carbocycles. The van der Waals surface area contributed by atoms with E-state index in [0.29, 0.717) is 10.4 Å². The van der Waals surface area contributed by atoms with Crippen LogP contribution in [0.15, 0.2) is 59.1 Å². The number of benzene rings is 3. The Morgan fingerprint density at radius 1 is 1.00 bits per heavy atom. The van der Waals surface area contributed by atoms with Crippen molar-refractivity contribution in [2.45, 2.75) is 6.04 Å². The van der Waals surface area contributed by atoms with E-state index < -0.39 is 0 Å². The molecule has 0 saturated carbocycles. The fourth-order valence-corrected chi connectivity index (χ4v) is 2.88. The molecule has 106 valence electrons. The first-order valence-corrected chi connectivity index (χ1v) is 7.62. The summed E-state index contributed by atoms with van der Waals surface area (Å²) < 4.78 is 14.7. The average Bonchev–Trinajstić information content (AvgIpc) is 2.50. The molecule has 0 fully saturated rings. The van der Waals surface area contributed by atoms with Gasteiger partial charge in [-0.3, -0.25) is 0 Å². The smallest absolute Gasteiger partial charge is 0.131 e. The third kappa shape index (κ3) is 2.69. The van der Waals surface area contributed by atoms with Gasteiger partial charge in [0, 0.05) is 9.86 Å². The van der Waals surface area contributed by atoms with Gasteiger partial charge in [-0.05, 0) is 50.6 Å². The number of nitrogens with two attached hydrogens (primary N) is 1. The van der Waals surface area contributed by atoms with Crippen molar-refractivity contribution in [3.05, 3.63) is 81.0 Å². The highest BCUT2D eigenvalue weighted by molar-refractivity contribution is 9.10. The lowest BCUT2D eigenvalue weighted by Gasteiger charge is -2.16. The molecule has 0 spiro atoms. The van der Waals surface area contributed by atoms with Crippen molar-refractivity contribution in [3.8, 4) is 0 Å². The summed E-state index contributed by atoms with van der Waals surface area (Å²) in [5, 5.41) is 2.01. The van der Waals surface area contributed by atoms with Crippen molar-refractivity contribution < 1.29 is 4.39 Å². The maximum absolute atomic E-state index is 13.9. The molecule has 0 heterocycles. The predicted octanol–water partition coefficient (Wildman–Crippen LogP) is 5.44. The van der Waals surface area contributed by atoms with E-state index in [4.69, 9.17) is 17.3 Å². The van der Waals surface area contributed by atoms with E-state index in [-0.39, 0.29) is 11.9 Å². The highest BCUT2D eigenvalue weighted by Crippen LogP contribution is 2.32. The fraction of sp³-hybridized carbons (Fsp3) is 0.0588. The maximum Gasteiger partial charge on any atom is 0.131 e. The Balaban J connectivity index is 2.15.